The molecule has 1 aliphatic heterocycles. The van der Waals surface area contributed by atoms with Crippen LogP contribution in [0.5, 0.6) is 0 Å². The van der Waals surface area contributed by atoms with Crippen LogP contribution in [0.15, 0.2) is 0 Å². The van der Waals surface area contributed by atoms with Crippen LogP contribution >= 0.6 is 0 Å². The standard InChI is InChI=1S/C17H28F3NO/c18-17(19,20)15-10-12-21(13-11-15)16(22)9-5-4-8-14-6-2-1-3-7-14/h14-15H,1-13H2. The number of unbranched alkanes of at least 4 members (excludes halogenated alkanes) is 1. The number of carbonyl (C=O) groups is 1. The van der Waals surface area contributed by atoms with Crippen molar-refractivity contribution in [2.45, 2.75) is 76.8 Å². The maximum Gasteiger partial charge on any atom is 0.391 e. The van der Waals surface area contributed by atoms with Crippen molar-refractivity contribution in [1.82, 2.24) is 4.90 Å². The maximum atomic E-state index is 12.6. The predicted molar refractivity (Wildman–Crippen MR) is 80.4 cm³/mol. The molecule has 2 rings (SSSR count). The van der Waals surface area contributed by atoms with Gasteiger partial charge in [0.2, 0.25) is 5.91 Å². The number of nitrogens with zero attached hydrogens (tertiary/aromatic N) is 1. The molecule has 128 valence electrons. The van der Waals surface area contributed by atoms with Crippen molar-refractivity contribution < 1.29 is 18.0 Å². The third-order valence-electron chi connectivity index (χ3n) is 5.29. The molecule has 2 nitrogen and oxygen atoms in total. The zero-order chi connectivity index (χ0) is 16.0. The third-order valence-corrected chi connectivity index (χ3v) is 5.29. The second-order valence-electron chi connectivity index (χ2n) is 6.95. The molecule has 0 N–H and O–H groups in total. The molecule has 0 unspecified atom stereocenters. The van der Waals surface area contributed by atoms with Crippen molar-refractivity contribution in [2.24, 2.45) is 11.8 Å². The zero-order valence-corrected chi connectivity index (χ0v) is 13.3. The number of likely N-dealkylation sites (tertiary alicyclic amines) is 1. The summed E-state index contributed by atoms with van der Waals surface area (Å²) < 4.78 is 37.8. The quantitative estimate of drug-likeness (QED) is 0.658. The van der Waals surface area contributed by atoms with Crippen molar-refractivity contribution >= 4 is 5.91 Å². The monoisotopic (exact) mass is 319 g/mol. The first-order chi connectivity index (χ1) is 10.5. The summed E-state index contributed by atoms with van der Waals surface area (Å²) in [4.78, 5) is 13.7. The van der Waals surface area contributed by atoms with Gasteiger partial charge in [0.1, 0.15) is 0 Å². The first-order valence-electron chi connectivity index (χ1n) is 8.81. The summed E-state index contributed by atoms with van der Waals surface area (Å²) in [5.74, 6) is -0.335. The smallest absolute Gasteiger partial charge is 0.343 e. The second kappa shape index (κ2) is 8.21. The van der Waals surface area contributed by atoms with Crippen LogP contribution < -0.4 is 0 Å². The second-order valence-corrected chi connectivity index (χ2v) is 6.95. The Morgan fingerprint density at radius 3 is 2.18 bits per heavy atom. The van der Waals surface area contributed by atoms with Gasteiger partial charge in [-0.25, -0.2) is 0 Å². The molecule has 0 spiro atoms. The number of hydrogen-bond acceptors (Lipinski definition) is 1. The third kappa shape index (κ3) is 5.47. The van der Waals surface area contributed by atoms with E-state index < -0.39 is 12.1 Å². The number of piperidine rings is 1. The van der Waals surface area contributed by atoms with Crippen LogP contribution in [0.2, 0.25) is 0 Å². The number of rotatable bonds is 5. The van der Waals surface area contributed by atoms with E-state index in [-0.39, 0.29) is 31.8 Å². The van der Waals surface area contributed by atoms with Crippen LogP contribution in [0, 0.1) is 11.8 Å². The maximum absolute atomic E-state index is 12.6. The van der Waals surface area contributed by atoms with Crippen molar-refractivity contribution in [1.29, 1.82) is 0 Å². The topological polar surface area (TPSA) is 20.3 Å². The Kier molecular flexibility index (Phi) is 6.57. The van der Waals surface area contributed by atoms with E-state index in [0.29, 0.717) is 6.42 Å². The van der Waals surface area contributed by atoms with E-state index in [4.69, 9.17) is 0 Å². The molecule has 0 aromatic carbocycles. The molecule has 0 aromatic heterocycles. The Bertz CT molecular complexity index is 342. The summed E-state index contributed by atoms with van der Waals surface area (Å²) in [6, 6.07) is 0. The van der Waals surface area contributed by atoms with Gasteiger partial charge < -0.3 is 4.90 Å². The molecule has 22 heavy (non-hydrogen) atoms. The van der Waals surface area contributed by atoms with Crippen molar-refractivity contribution in [2.75, 3.05) is 13.1 Å². The molecule has 1 aliphatic carbocycles. The summed E-state index contributed by atoms with van der Waals surface area (Å²) in [6.45, 7) is 0.539. The molecule has 0 radical (unpaired) electrons. The van der Waals surface area contributed by atoms with E-state index in [1.54, 1.807) is 4.90 Å². The Morgan fingerprint density at radius 1 is 0.955 bits per heavy atom. The van der Waals surface area contributed by atoms with E-state index in [2.05, 4.69) is 0 Å². The van der Waals surface area contributed by atoms with E-state index in [1.165, 1.54) is 38.5 Å². The van der Waals surface area contributed by atoms with Crippen molar-refractivity contribution in [3.05, 3.63) is 0 Å². The lowest BCUT2D eigenvalue weighted by molar-refractivity contribution is -0.186. The summed E-state index contributed by atoms with van der Waals surface area (Å²) in [6.07, 6.45) is 6.43. The largest absolute Gasteiger partial charge is 0.391 e. The van der Waals surface area contributed by atoms with Gasteiger partial charge in [-0.1, -0.05) is 44.9 Å². The molecule has 1 amide bonds. The lowest BCUT2D eigenvalue weighted by atomic mass is 9.85. The van der Waals surface area contributed by atoms with Crippen LogP contribution in [0.1, 0.15) is 70.6 Å². The van der Waals surface area contributed by atoms with Crippen LogP contribution in [0.4, 0.5) is 13.2 Å². The highest BCUT2D eigenvalue weighted by atomic mass is 19.4. The molecule has 2 fully saturated rings. The van der Waals surface area contributed by atoms with E-state index in [0.717, 1.165) is 18.8 Å². The summed E-state index contributed by atoms with van der Waals surface area (Å²) in [5.41, 5.74) is 0. The fourth-order valence-electron chi connectivity index (χ4n) is 3.80. The fraction of sp³-hybridized carbons (Fsp3) is 0.941. The van der Waals surface area contributed by atoms with Gasteiger partial charge in [-0.2, -0.15) is 13.2 Å². The van der Waals surface area contributed by atoms with E-state index in [1.807, 2.05) is 0 Å². The van der Waals surface area contributed by atoms with Gasteiger partial charge in [-0.05, 0) is 25.2 Å². The molecule has 0 aromatic rings. The summed E-state index contributed by atoms with van der Waals surface area (Å²) >= 11 is 0. The highest BCUT2D eigenvalue weighted by molar-refractivity contribution is 5.76. The molecule has 1 heterocycles. The van der Waals surface area contributed by atoms with Crippen LogP contribution in [0.3, 0.4) is 0 Å². The highest BCUT2D eigenvalue weighted by Gasteiger charge is 2.41. The SMILES string of the molecule is O=C(CCCCC1CCCCC1)N1CCC(C(F)(F)F)CC1. The van der Waals surface area contributed by atoms with Gasteiger partial charge in [0.05, 0.1) is 5.92 Å². The van der Waals surface area contributed by atoms with Gasteiger partial charge in [-0.15, -0.1) is 0 Å². The Labute approximate surface area is 131 Å². The summed E-state index contributed by atoms with van der Waals surface area (Å²) in [7, 11) is 0. The first kappa shape index (κ1) is 17.6. The molecule has 1 saturated carbocycles. The van der Waals surface area contributed by atoms with Crippen LogP contribution in [-0.2, 0) is 4.79 Å². The minimum atomic E-state index is -4.10. The zero-order valence-electron chi connectivity index (χ0n) is 13.3. The van der Waals surface area contributed by atoms with E-state index in [9.17, 15) is 18.0 Å². The number of alkyl halides is 3. The Hall–Kier alpha value is -0.740. The van der Waals surface area contributed by atoms with Gasteiger partial charge in [-0.3, -0.25) is 4.79 Å². The lowest BCUT2D eigenvalue weighted by Crippen LogP contribution is -2.42. The molecule has 1 saturated heterocycles. The van der Waals surface area contributed by atoms with Gasteiger partial charge in [0, 0.05) is 19.5 Å². The molecule has 5 heteroatoms. The van der Waals surface area contributed by atoms with Gasteiger partial charge in [0.15, 0.2) is 0 Å². The Morgan fingerprint density at radius 2 is 1.59 bits per heavy atom. The van der Waals surface area contributed by atoms with Crippen molar-refractivity contribution in [3.63, 3.8) is 0 Å². The number of halogens is 3. The molecule has 2 aliphatic rings. The average Bonchev–Trinajstić information content (AvgIpc) is 2.52. The average molecular weight is 319 g/mol. The van der Waals surface area contributed by atoms with Gasteiger partial charge in [0.25, 0.3) is 0 Å². The molecular weight excluding hydrogens is 291 g/mol. The normalized spacial score (nSPS) is 22.0. The number of carbonyl (C=O) groups excluding carboxylic acids is 1. The molecule has 0 atom stereocenters. The van der Waals surface area contributed by atoms with Crippen LogP contribution in [0.25, 0.3) is 0 Å². The number of hydrogen-bond donors (Lipinski definition) is 0. The molecular formula is C17H28F3NO. The van der Waals surface area contributed by atoms with Crippen LogP contribution in [-0.4, -0.2) is 30.1 Å². The highest BCUT2D eigenvalue weighted by Crippen LogP contribution is 2.34. The van der Waals surface area contributed by atoms with Gasteiger partial charge >= 0.3 is 6.18 Å². The van der Waals surface area contributed by atoms with E-state index >= 15 is 0 Å². The Balaban J connectivity index is 1.58. The lowest BCUT2D eigenvalue weighted by Gasteiger charge is -2.33. The molecule has 0 bridgehead atoms. The number of amides is 1. The predicted octanol–water partition coefficient (Wildman–Crippen LogP) is 4.93. The minimum Gasteiger partial charge on any atom is -0.343 e. The summed E-state index contributed by atoms with van der Waals surface area (Å²) in [5, 5.41) is 0. The minimum absolute atomic E-state index is 0.0456. The fourth-order valence-corrected chi connectivity index (χ4v) is 3.80. The first-order valence-corrected chi connectivity index (χ1v) is 8.81. The van der Waals surface area contributed by atoms with Crippen molar-refractivity contribution in [3.8, 4) is 0 Å².